The van der Waals surface area contributed by atoms with Crippen LogP contribution in [-0.2, 0) is 16.6 Å². The molecule has 1 aliphatic rings. The smallest absolute Gasteiger partial charge is 0.354 e. The van der Waals surface area contributed by atoms with Crippen LogP contribution in [0.1, 0.15) is 28.5 Å². The van der Waals surface area contributed by atoms with E-state index >= 15 is 0 Å². The molecule has 2 aromatic rings. The Morgan fingerprint density at radius 2 is 2.08 bits per heavy atom. The van der Waals surface area contributed by atoms with Gasteiger partial charge in [-0.05, 0) is 29.8 Å². The van der Waals surface area contributed by atoms with Crippen molar-refractivity contribution in [3.8, 4) is 0 Å². The van der Waals surface area contributed by atoms with Crippen molar-refractivity contribution in [2.75, 3.05) is 13.7 Å². The van der Waals surface area contributed by atoms with Gasteiger partial charge in [0, 0.05) is 37.7 Å². The summed E-state index contributed by atoms with van der Waals surface area (Å²) < 4.78 is 7.17. The van der Waals surface area contributed by atoms with Crippen molar-refractivity contribution in [1.29, 1.82) is 0 Å². The lowest BCUT2D eigenvalue weighted by Crippen LogP contribution is -2.26. The number of halogens is 1. The Hall–Kier alpha value is -2.27. The van der Waals surface area contributed by atoms with Crippen molar-refractivity contribution in [2.24, 2.45) is 13.0 Å². The zero-order valence-electron chi connectivity index (χ0n) is 13.6. The zero-order chi connectivity index (χ0) is 17.3. The van der Waals surface area contributed by atoms with Crippen molar-refractivity contribution in [3.63, 3.8) is 0 Å². The van der Waals surface area contributed by atoms with Crippen LogP contribution in [0.2, 0.25) is 5.02 Å². The third-order valence-corrected chi connectivity index (χ3v) is 4.70. The van der Waals surface area contributed by atoms with Gasteiger partial charge in [0.15, 0.2) is 0 Å². The Bertz CT molecular complexity index is 771. The summed E-state index contributed by atoms with van der Waals surface area (Å²) in [6.07, 6.45) is 2.15. The van der Waals surface area contributed by atoms with Gasteiger partial charge >= 0.3 is 5.97 Å². The van der Waals surface area contributed by atoms with E-state index in [1.165, 1.54) is 0 Å². The fourth-order valence-corrected chi connectivity index (χ4v) is 3.42. The molecule has 126 valence electrons. The number of benzene rings is 1. The van der Waals surface area contributed by atoms with Gasteiger partial charge in [-0.25, -0.2) is 4.79 Å². The number of rotatable bonds is 4. The number of amides is 1. The molecule has 1 aliphatic heterocycles. The predicted molar refractivity (Wildman–Crippen MR) is 90.8 cm³/mol. The van der Waals surface area contributed by atoms with Gasteiger partial charge in [0.05, 0.1) is 12.6 Å². The molecule has 1 aromatic carbocycles. The Morgan fingerprint density at radius 3 is 2.75 bits per heavy atom. The van der Waals surface area contributed by atoms with E-state index in [4.69, 9.17) is 16.3 Å². The largest absolute Gasteiger partial charge is 0.461 e. The first-order valence-electron chi connectivity index (χ1n) is 7.77. The Morgan fingerprint density at radius 1 is 1.29 bits per heavy atom. The fourth-order valence-electron chi connectivity index (χ4n) is 3.22. The number of carbonyl (C=O) groups is 2. The van der Waals surface area contributed by atoms with Crippen molar-refractivity contribution in [1.82, 2.24) is 9.47 Å². The topological polar surface area (TPSA) is 51.5 Å². The van der Waals surface area contributed by atoms with Gasteiger partial charge < -0.3 is 14.2 Å². The number of aryl methyl sites for hydroxylation is 1. The molecule has 3 rings (SSSR count). The second-order valence-electron chi connectivity index (χ2n) is 6.07. The first-order chi connectivity index (χ1) is 11.5. The third-order valence-electron chi connectivity index (χ3n) is 4.47. The average Bonchev–Trinajstić information content (AvgIpc) is 3.09. The summed E-state index contributed by atoms with van der Waals surface area (Å²) in [5.41, 5.74) is 1.45. The first kappa shape index (κ1) is 16.6. The minimum absolute atomic E-state index is 0.0416. The Labute approximate surface area is 145 Å². The summed E-state index contributed by atoms with van der Waals surface area (Å²) in [6.45, 7) is 0.192. The molecule has 6 heteroatoms. The van der Waals surface area contributed by atoms with Gasteiger partial charge in [0.2, 0.25) is 5.91 Å². The number of nitrogens with zero attached hydrogens (tertiary/aromatic N) is 2. The van der Waals surface area contributed by atoms with Crippen molar-refractivity contribution in [3.05, 3.63) is 58.9 Å². The molecular weight excluding hydrogens is 328 g/mol. The molecule has 0 N–H and O–H groups in total. The van der Waals surface area contributed by atoms with Gasteiger partial charge in [-0.3, -0.25) is 4.79 Å². The third kappa shape index (κ3) is 3.17. The molecule has 0 radical (unpaired) electrons. The number of esters is 1. The van der Waals surface area contributed by atoms with Crippen LogP contribution in [-0.4, -0.2) is 35.0 Å². The van der Waals surface area contributed by atoms with E-state index in [0.717, 1.165) is 5.56 Å². The highest BCUT2D eigenvalue weighted by Crippen LogP contribution is 2.37. The molecule has 1 aromatic heterocycles. The molecule has 0 spiro atoms. The standard InChI is InChI=1S/C18H19ClN2O3/c1-20-8-4-7-15(20)18(23)24-11-13-10-16(22)21(2)17(13)12-5-3-6-14(19)9-12/h3-9,13,17H,10-11H2,1-2H3. The molecule has 1 saturated heterocycles. The summed E-state index contributed by atoms with van der Waals surface area (Å²) in [4.78, 5) is 26.0. The zero-order valence-corrected chi connectivity index (χ0v) is 14.4. The van der Waals surface area contributed by atoms with Gasteiger partial charge in [-0.15, -0.1) is 0 Å². The summed E-state index contributed by atoms with van der Waals surface area (Å²) >= 11 is 6.08. The number of carbonyl (C=O) groups excluding carboxylic acids is 2. The molecule has 0 saturated carbocycles. The van der Waals surface area contributed by atoms with E-state index in [1.807, 2.05) is 18.2 Å². The van der Waals surface area contributed by atoms with Crippen LogP contribution in [0.5, 0.6) is 0 Å². The van der Waals surface area contributed by atoms with Crippen molar-refractivity contribution in [2.45, 2.75) is 12.5 Å². The quantitative estimate of drug-likeness (QED) is 0.799. The molecule has 1 fully saturated rings. The lowest BCUT2D eigenvalue weighted by atomic mass is 9.94. The summed E-state index contributed by atoms with van der Waals surface area (Å²) in [6, 6.07) is 10.8. The van der Waals surface area contributed by atoms with E-state index in [2.05, 4.69) is 0 Å². The van der Waals surface area contributed by atoms with Crippen LogP contribution in [0.3, 0.4) is 0 Å². The molecule has 2 heterocycles. The molecule has 1 amide bonds. The van der Waals surface area contributed by atoms with Gasteiger partial charge in [0.1, 0.15) is 5.69 Å². The maximum absolute atomic E-state index is 12.2. The number of hydrogen-bond donors (Lipinski definition) is 0. The van der Waals surface area contributed by atoms with Crippen LogP contribution in [0.25, 0.3) is 0 Å². The number of hydrogen-bond acceptors (Lipinski definition) is 3. The summed E-state index contributed by atoms with van der Waals surface area (Å²) in [5, 5.41) is 0.625. The van der Waals surface area contributed by atoms with Gasteiger partial charge in [-0.1, -0.05) is 23.7 Å². The van der Waals surface area contributed by atoms with Crippen molar-refractivity contribution < 1.29 is 14.3 Å². The maximum Gasteiger partial charge on any atom is 0.354 e. The highest BCUT2D eigenvalue weighted by molar-refractivity contribution is 6.30. The normalized spacial score (nSPS) is 20.5. The molecule has 2 atom stereocenters. The predicted octanol–water partition coefficient (Wildman–Crippen LogP) is 3.05. The van der Waals surface area contributed by atoms with Crippen LogP contribution in [0.4, 0.5) is 0 Å². The van der Waals surface area contributed by atoms with E-state index in [-0.39, 0.29) is 30.4 Å². The van der Waals surface area contributed by atoms with Gasteiger partial charge in [0.25, 0.3) is 0 Å². The van der Waals surface area contributed by atoms with Crippen molar-refractivity contribution >= 4 is 23.5 Å². The van der Waals surface area contributed by atoms with Gasteiger partial charge in [-0.2, -0.15) is 0 Å². The highest BCUT2D eigenvalue weighted by atomic mass is 35.5. The fraction of sp³-hybridized carbons (Fsp3) is 0.333. The first-order valence-corrected chi connectivity index (χ1v) is 8.14. The maximum atomic E-state index is 12.2. The van der Waals surface area contributed by atoms with E-state index in [0.29, 0.717) is 17.1 Å². The molecule has 24 heavy (non-hydrogen) atoms. The number of ether oxygens (including phenoxy) is 1. The lowest BCUT2D eigenvalue weighted by molar-refractivity contribution is -0.127. The monoisotopic (exact) mass is 346 g/mol. The van der Waals surface area contributed by atoms with E-state index in [1.54, 1.807) is 48.0 Å². The van der Waals surface area contributed by atoms with Crippen LogP contribution in [0.15, 0.2) is 42.6 Å². The Balaban J connectivity index is 1.75. The minimum atomic E-state index is -0.380. The Kier molecular flexibility index (Phi) is 4.62. The van der Waals surface area contributed by atoms with E-state index < -0.39 is 0 Å². The molecule has 0 bridgehead atoms. The SMILES string of the molecule is CN1C(=O)CC(COC(=O)c2cccn2C)C1c1cccc(Cl)c1. The summed E-state index contributed by atoms with van der Waals surface area (Å²) in [7, 11) is 3.56. The highest BCUT2D eigenvalue weighted by Gasteiger charge is 2.39. The molecule has 5 nitrogen and oxygen atoms in total. The molecule has 2 unspecified atom stereocenters. The molecular formula is C18H19ClN2O3. The second kappa shape index (κ2) is 6.69. The van der Waals surface area contributed by atoms with Crippen LogP contribution >= 0.6 is 11.6 Å². The number of aromatic nitrogens is 1. The van der Waals surface area contributed by atoms with Crippen LogP contribution < -0.4 is 0 Å². The second-order valence-corrected chi connectivity index (χ2v) is 6.51. The number of likely N-dealkylation sites (tertiary alicyclic amines) is 1. The van der Waals surface area contributed by atoms with E-state index in [9.17, 15) is 9.59 Å². The minimum Gasteiger partial charge on any atom is -0.461 e. The average molecular weight is 347 g/mol. The molecule has 0 aliphatic carbocycles. The lowest BCUT2D eigenvalue weighted by Gasteiger charge is -2.25. The van der Waals surface area contributed by atoms with Crippen LogP contribution in [0, 0.1) is 5.92 Å². The summed E-state index contributed by atoms with van der Waals surface area (Å²) in [5.74, 6) is -0.431.